The van der Waals surface area contributed by atoms with E-state index >= 15 is 0 Å². The van der Waals surface area contributed by atoms with Crippen LogP contribution in [0.5, 0.6) is 0 Å². The van der Waals surface area contributed by atoms with Gasteiger partial charge in [-0.3, -0.25) is 19.2 Å². The van der Waals surface area contributed by atoms with Gasteiger partial charge in [-0.2, -0.15) is 0 Å². The molecule has 0 spiro atoms. The van der Waals surface area contributed by atoms with Crippen molar-refractivity contribution in [3.05, 3.63) is 12.2 Å². The lowest BCUT2D eigenvalue weighted by Gasteiger charge is -2.37. The van der Waals surface area contributed by atoms with E-state index in [2.05, 4.69) is 43.6 Å². The number of aliphatic hydroxyl groups excluding tert-OH is 1. The van der Waals surface area contributed by atoms with Crippen LogP contribution in [0.3, 0.4) is 0 Å². The molecular formula is C36H72N4O5. The number of unbranched alkanes of at least 4 members (excludes halogenated alkanes) is 2. The summed E-state index contributed by atoms with van der Waals surface area (Å²) in [5.41, 5.74) is 0. The van der Waals surface area contributed by atoms with Gasteiger partial charge in [-0.25, -0.2) is 0 Å². The second-order valence-electron chi connectivity index (χ2n) is 13.2. The molecule has 0 fully saturated rings. The average Bonchev–Trinajstić information content (AvgIpc) is 2.98. The lowest BCUT2D eigenvalue weighted by atomic mass is 9.91. The summed E-state index contributed by atoms with van der Waals surface area (Å²) < 4.78 is 0. The molecule has 9 heteroatoms. The van der Waals surface area contributed by atoms with Crippen LogP contribution >= 0.6 is 0 Å². The number of carbonyl (C=O) groups excluding carboxylic acids is 4. The number of Topliss-reactive ketones (excluding diaryl/α,β-unsaturated/α-hetero) is 1. The molecule has 0 heterocycles. The third kappa shape index (κ3) is 19.8. The van der Waals surface area contributed by atoms with Crippen LogP contribution in [-0.4, -0.2) is 77.9 Å². The molecule has 6 atom stereocenters. The first-order valence-electron chi connectivity index (χ1n) is 17.3. The predicted molar refractivity (Wildman–Crippen MR) is 189 cm³/mol. The molecule has 0 saturated heterocycles. The Bertz CT molecular complexity index is 835. The van der Waals surface area contributed by atoms with Crippen molar-refractivity contribution in [2.24, 2.45) is 23.7 Å². The molecule has 266 valence electrons. The predicted octanol–water partition coefficient (Wildman–Crippen LogP) is 5.89. The average molecular weight is 641 g/mol. The molecule has 0 aliphatic carbocycles. The molecular weight excluding hydrogens is 568 g/mol. The zero-order chi connectivity index (χ0) is 35.9. The van der Waals surface area contributed by atoms with E-state index in [9.17, 15) is 24.3 Å². The van der Waals surface area contributed by atoms with Crippen LogP contribution in [0.25, 0.3) is 0 Å². The Balaban J connectivity index is -0.00000195. The van der Waals surface area contributed by atoms with Crippen molar-refractivity contribution >= 4 is 23.5 Å². The van der Waals surface area contributed by atoms with E-state index in [1.165, 1.54) is 44.6 Å². The van der Waals surface area contributed by atoms with Crippen molar-refractivity contribution in [3.63, 3.8) is 0 Å². The van der Waals surface area contributed by atoms with Gasteiger partial charge in [0.2, 0.25) is 17.7 Å². The fraction of sp³-hybridized carbons (Fsp3) is 0.833. The van der Waals surface area contributed by atoms with E-state index in [-0.39, 0.29) is 35.4 Å². The molecule has 0 rings (SSSR count). The Hall–Kier alpha value is -2.26. The summed E-state index contributed by atoms with van der Waals surface area (Å²) in [5, 5.41) is 19.8. The molecule has 9 nitrogen and oxygen atoms in total. The summed E-state index contributed by atoms with van der Waals surface area (Å²) >= 11 is 0. The summed E-state index contributed by atoms with van der Waals surface area (Å²) in [6, 6.07) is -3.36. The highest BCUT2D eigenvalue weighted by Gasteiger charge is 2.40. The molecule has 0 aliphatic rings. The number of hydrogen-bond acceptors (Lipinski definition) is 6. The van der Waals surface area contributed by atoms with Crippen molar-refractivity contribution < 1.29 is 24.3 Å². The third-order valence-electron chi connectivity index (χ3n) is 7.69. The number of rotatable bonds is 18. The normalized spacial score (nSPS) is 15.2. The second-order valence-corrected chi connectivity index (χ2v) is 13.2. The van der Waals surface area contributed by atoms with Gasteiger partial charge in [0.1, 0.15) is 12.1 Å². The van der Waals surface area contributed by atoms with Crippen LogP contribution in [0.15, 0.2) is 12.2 Å². The number of nitrogens with one attached hydrogen (secondary N) is 3. The third-order valence-corrected chi connectivity index (χ3v) is 7.69. The summed E-state index contributed by atoms with van der Waals surface area (Å²) in [7, 11) is 3.16. The monoisotopic (exact) mass is 641 g/mol. The Morgan fingerprint density at radius 1 is 0.778 bits per heavy atom. The maximum atomic E-state index is 13.7. The SMILES string of the molecule is C/C=C/C[C@@H](C)[C@@H](O)C(C(=O)N[C@H](C(C)=O)C(C)C)N(C)C(=O)[C@@H](NC(=O)[C@H](CC(C)C)NC)C(C)C.CCCC.CCCC. The van der Waals surface area contributed by atoms with E-state index in [4.69, 9.17) is 0 Å². The first kappa shape index (κ1) is 47.2. The van der Waals surface area contributed by atoms with Gasteiger partial charge in [-0.15, -0.1) is 0 Å². The number of likely N-dealkylation sites (N-methyl/N-ethyl adjacent to an activating group) is 2. The van der Waals surface area contributed by atoms with Gasteiger partial charge in [-0.1, -0.05) is 114 Å². The molecule has 0 aromatic carbocycles. The van der Waals surface area contributed by atoms with E-state index in [0.29, 0.717) is 12.8 Å². The standard InChI is InChI=1S/C28H52N4O5.2C4H10/c1-12-13-14-19(8)25(34)24(27(36)30-22(17(4)5)20(9)33)32(11)28(37)23(18(6)7)31-26(35)21(29-10)15-16(2)3;2*1-3-4-2/h12-13,16-19,21-25,29,34H,14-15H2,1-11H3,(H,30,36)(H,31,35);2*3-4H2,1-2H3/b13-12+;;/t19-,21+,22+,23+,24?,25-;;/m1../s1. The van der Waals surface area contributed by atoms with Crippen LogP contribution in [0.2, 0.25) is 0 Å². The minimum absolute atomic E-state index is 0.164. The van der Waals surface area contributed by atoms with Gasteiger partial charge in [0.25, 0.3) is 0 Å². The van der Waals surface area contributed by atoms with Crippen LogP contribution in [0, 0.1) is 23.7 Å². The highest BCUT2D eigenvalue weighted by atomic mass is 16.3. The minimum atomic E-state index is -1.25. The summed E-state index contributed by atoms with van der Waals surface area (Å²) in [6.07, 6.45) is 8.94. The number of nitrogens with zero attached hydrogens (tertiary/aromatic N) is 1. The molecule has 45 heavy (non-hydrogen) atoms. The van der Waals surface area contributed by atoms with Gasteiger partial charge < -0.3 is 26.0 Å². The summed E-state index contributed by atoms with van der Waals surface area (Å²) in [5.74, 6) is -2.09. The van der Waals surface area contributed by atoms with E-state index in [1.54, 1.807) is 14.0 Å². The van der Waals surface area contributed by atoms with Crippen LogP contribution < -0.4 is 16.0 Å². The minimum Gasteiger partial charge on any atom is -0.390 e. The molecule has 0 aromatic rings. The number of ketones is 1. The summed E-state index contributed by atoms with van der Waals surface area (Å²) in [4.78, 5) is 53.6. The first-order valence-corrected chi connectivity index (χ1v) is 17.3. The van der Waals surface area contributed by atoms with Gasteiger partial charge in [0.05, 0.1) is 18.2 Å². The quantitative estimate of drug-likeness (QED) is 0.138. The topological polar surface area (TPSA) is 128 Å². The molecule has 0 aliphatic heterocycles. The number of aliphatic hydroxyl groups is 1. The molecule has 3 amide bonds. The fourth-order valence-electron chi connectivity index (χ4n) is 4.29. The molecule has 0 radical (unpaired) electrons. The molecule has 4 N–H and O–H groups in total. The zero-order valence-corrected chi connectivity index (χ0v) is 31.6. The highest BCUT2D eigenvalue weighted by Crippen LogP contribution is 2.20. The van der Waals surface area contributed by atoms with E-state index in [1.807, 2.05) is 60.6 Å². The zero-order valence-electron chi connectivity index (χ0n) is 31.6. The Morgan fingerprint density at radius 3 is 1.56 bits per heavy atom. The Labute approximate surface area is 277 Å². The maximum absolute atomic E-state index is 13.7. The van der Waals surface area contributed by atoms with Gasteiger partial charge in [-0.05, 0) is 57.4 Å². The van der Waals surface area contributed by atoms with Crippen molar-refractivity contribution in [2.75, 3.05) is 14.1 Å². The van der Waals surface area contributed by atoms with E-state index < -0.39 is 42.1 Å². The van der Waals surface area contributed by atoms with Crippen molar-refractivity contribution in [1.29, 1.82) is 0 Å². The Kier molecular flexibility index (Phi) is 28.2. The van der Waals surface area contributed by atoms with Crippen LogP contribution in [-0.2, 0) is 19.2 Å². The number of allylic oxidation sites excluding steroid dienone is 2. The number of hydrogen-bond donors (Lipinski definition) is 4. The van der Waals surface area contributed by atoms with Crippen molar-refractivity contribution in [2.45, 2.75) is 159 Å². The van der Waals surface area contributed by atoms with E-state index in [0.717, 1.165) is 0 Å². The largest absolute Gasteiger partial charge is 0.390 e. The van der Waals surface area contributed by atoms with Gasteiger partial charge >= 0.3 is 0 Å². The number of carbonyl (C=O) groups is 4. The highest BCUT2D eigenvalue weighted by molar-refractivity contribution is 5.95. The van der Waals surface area contributed by atoms with Gasteiger partial charge in [0, 0.05) is 7.05 Å². The van der Waals surface area contributed by atoms with Crippen molar-refractivity contribution in [1.82, 2.24) is 20.9 Å². The fourth-order valence-corrected chi connectivity index (χ4v) is 4.29. The smallest absolute Gasteiger partial charge is 0.246 e. The molecule has 0 bridgehead atoms. The second kappa shape index (κ2) is 26.9. The van der Waals surface area contributed by atoms with Crippen LogP contribution in [0.1, 0.15) is 129 Å². The molecule has 0 aromatic heterocycles. The maximum Gasteiger partial charge on any atom is 0.246 e. The summed E-state index contributed by atoms with van der Waals surface area (Å²) in [6.45, 7) is 25.1. The van der Waals surface area contributed by atoms with Crippen molar-refractivity contribution in [3.8, 4) is 0 Å². The number of amides is 3. The lowest BCUT2D eigenvalue weighted by molar-refractivity contribution is -0.148. The van der Waals surface area contributed by atoms with Gasteiger partial charge in [0.15, 0.2) is 5.78 Å². The van der Waals surface area contributed by atoms with Crippen LogP contribution in [0.4, 0.5) is 0 Å². The molecule has 1 unspecified atom stereocenters. The Morgan fingerprint density at radius 2 is 1.22 bits per heavy atom. The first-order chi connectivity index (χ1) is 20.9. The lowest BCUT2D eigenvalue weighted by Crippen LogP contribution is -2.62. The molecule has 0 saturated carbocycles.